The first kappa shape index (κ1) is 12.0. The van der Waals surface area contributed by atoms with E-state index < -0.39 is 0 Å². The largest absolute Gasteiger partial charge is 0.482 e. The Hall–Kier alpha value is -1.07. The average Bonchev–Trinajstić information content (AvgIpc) is 3.10. The van der Waals surface area contributed by atoms with Gasteiger partial charge in [0.25, 0.3) is 5.89 Å². The Morgan fingerprint density at radius 2 is 2.28 bits per heavy atom. The molecule has 1 fully saturated rings. The van der Waals surface area contributed by atoms with Crippen LogP contribution in [0.1, 0.15) is 30.5 Å². The Bertz CT molecular complexity index is 569. The molecular weight excluding hydrogens is 320 g/mol. The Balaban J connectivity index is 1.67. The molecule has 0 N–H and O–H groups in total. The van der Waals surface area contributed by atoms with Crippen molar-refractivity contribution in [1.82, 2.24) is 10.1 Å². The van der Waals surface area contributed by atoms with Gasteiger partial charge in [0.2, 0.25) is 0 Å². The average molecular weight is 330 g/mol. The molecule has 0 radical (unpaired) electrons. The van der Waals surface area contributed by atoms with E-state index in [1.165, 1.54) is 0 Å². The van der Waals surface area contributed by atoms with Gasteiger partial charge in [0.1, 0.15) is 5.75 Å². The molecule has 1 aromatic heterocycles. The van der Waals surface area contributed by atoms with Gasteiger partial charge in [-0.05, 0) is 31.0 Å². The molecule has 3 rings (SSSR count). The number of benzene rings is 1. The molecule has 0 saturated heterocycles. The van der Waals surface area contributed by atoms with Crippen molar-refractivity contribution >= 4 is 27.5 Å². The maximum Gasteiger partial charge on any atom is 0.264 e. The number of aromatic nitrogens is 2. The predicted molar refractivity (Wildman–Crippen MR) is 69.8 cm³/mol. The normalized spacial score (nSPS) is 14.8. The fourth-order valence-electron chi connectivity index (χ4n) is 1.56. The molecule has 0 unspecified atom stereocenters. The lowest BCUT2D eigenvalue weighted by atomic mass is 10.3. The lowest BCUT2D eigenvalue weighted by molar-refractivity contribution is 0.242. The number of ether oxygens (including phenoxy) is 1. The molecule has 0 bridgehead atoms. The summed E-state index contributed by atoms with van der Waals surface area (Å²) < 4.78 is 11.6. The van der Waals surface area contributed by atoms with Crippen LogP contribution in [-0.2, 0) is 6.61 Å². The van der Waals surface area contributed by atoms with E-state index in [9.17, 15) is 0 Å². The third kappa shape index (κ3) is 2.67. The van der Waals surface area contributed by atoms with Crippen LogP contribution in [0.5, 0.6) is 5.75 Å². The van der Waals surface area contributed by atoms with Crippen molar-refractivity contribution < 1.29 is 9.26 Å². The molecule has 0 spiro atoms. The van der Waals surface area contributed by atoms with Crippen LogP contribution in [0.25, 0.3) is 0 Å². The molecule has 1 saturated carbocycles. The highest BCUT2D eigenvalue weighted by molar-refractivity contribution is 9.10. The number of hydrogen-bond donors (Lipinski definition) is 0. The highest BCUT2D eigenvalue weighted by atomic mass is 79.9. The topological polar surface area (TPSA) is 48.2 Å². The van der Waals surface area contributed by atoms with Gasteiger partial charge in [-0.2, -0.15) is 4.98 Å². The predicted octanol–water partition coefficient (Wildman–Crippen LogP) is 3.94. The van der Waals surface area contributed by atoms with E-state index in [1.54, 1.807) is 12.1 Å². The monoisotopic (exact) mass is 328 g/mol. The summed E-state index contributed by atoms with van der Waals surface area (Å²) in [5.41, 5.74) is 0. The summed E-state index contributed by atoms with van der Waals surface area (Å²) in [5, 5.41) is 4.48. The second-order valence-electron chi connectivity index (χ2n) is 4.18. The first-order valence-electron chi connectivity index (χ1n) is 5.63. The van der Waals surface area contributed by atoms with Gasteiger partial charge in [-0.3, -0.25) is 0 Å². The van der Waals surface area contributed by atoms with Crippen LogP contribution in [0.4, 0.5) is 0 Å². The van der Waals surface area contributed by atoms with Crippen molar-refractivity contribution in [3.05, 3.63) is 39.4 Å². The van der Waals surface area contributed by atoms with Gasteiger partial charge >= 0.3 is 0 Å². The second-order valence-corrected chi connectivity index (χ2v) is 5.51. The maximum atomic E-state index is 6.02. The SMILES string of the molecule is Clc1ccc(Br)cc1OCc1nc(C2CC2)no1. The van der Waals surface area contributed by atoms with Gasteiger partial charge in [0, 0.05) is 10.4 Å². The molecule has 4 nitrogen and oxygen atoms in total. The molecule has 6 heteroatoms. The molecule has 1 aliphatic rings. The van der Waals surface area contributed by atoms with Gasteiger partial charge in [0.05, 0.1) is 5.02 Å². The third-order valence-electron chi connectivity index (χ3n) is 2.67. The molecule has 0 amide bonds. The van der Waals surface area contributed by atoms with E-state index in [-0.39, 0.29) is 6.61 Å². The summed E-state index contributed by atoms with van der Waals surface area (Å²) in [6.45, 7) is 0.232. The molecule has 2 aromatic rings. The smallest absolute Gasteiger partial charge is 0.264 e. The lowest BCUT2D eigenvalue weighted by Crippen LogP contribution is -1.96. The minimum absolute atomic E-state index is 0.232. The van der Waals surface area contributed by atoms with Gasteiger partial charge < -0.3 is 9.26 Å². The zero-order chi connectivity index (χ0) is 12.5. The molecule has 94 valence electrons. The molecule has 0 atom stereocenters. The van der Waals surface area contributed by atoms with Gasteiger partial charge in [0.15, 0.2) is 12.4 Å². The number of halogens is 2. The van der Waals surface area contributed by atoms with Crippen molar-refractivity contribution in [3.8, 4) is 5.75 Å². The number of hydrogen-bond acceptors (Lipinski definition) is 4. The van der Waals surface area contributed by atoms with Gasteiger partial charge in [-0.15, -0.1) is 0 Å². The van der Waals surface area contributed by atoms with Crippen molar-refractivity contribution in [2.45, 2.75) is 25.4 Å². The summed E-state index contributed by atoms with van der Waals surface area (Å²) in [4.78, 5) is 4.28. The standard InChI is InChI=1S/C12H10BrClN2O2/c13-8-3-4-9(14)10(5-8)17-6-11-15-12(16-18-11)7-1-2-7/h3-5,7H,1-2,6H2. The fourth-order valence-corrected chi connectivity index (χ4v) is 2.07. The van der Waals surface area contributed by atoms with Crippen LogP contribution in [0.3, 0.4) is 0 Å². The van der Waals surface area contributed by atoms with Crippen molar-refractivity contribution in [3.63, 3.8) is 0 Å². The molecular formula is C12H10BrClN2O2. The first-order valence-corrected chi connectivity index (χ1v) is 6.80. The minimum Gasteiger partial charge on any atom is -0.482 e. The number of rotatable bonds is 4. The van der Waals surface area contributed by atoms with Crippen LogP contribution in [0.2, 0.25) is 5.02 Å². The van der Waals surface area contributed by atoms with Crippen molar-refractivity contribution in [1.29, 1.82) is 0 Å². The van der Waals surface area contributed by atoms with Crippen molar-refractivity contribution in [2.24, 2.45) is 0 Å². The Labute approximate surface area is 117 Å². The summed E-state index contributed by atoms with van der Waals surface area (Å²) >= 11 is 9.38. The van der Waals surface area contributed by atoms with E-state index in [0.29, 0.717) is 22.6 Å². The maximum absolute atomic E-state index is 6.02. The van der Waals surface area contributed by atoms with E-state index in [1.807, 2.05) is 6.07 Å². The Morgan fingerprint density at radius 3 is 3.06 bits per heavy atom. The van der Waals surface area contributed by atoms with Crippen LogP contribution < -0.4 is 4.74 Å². The molecule has 18 heavy (non-hydrogen) atoms. The minimum atomic E-state index is 0.232. The third-order valence-corrected chi connectivity index (χ3v) is 3.48. The zero-order valence-electron chi connectivity index (χ0n) is 9.40. The molecule has 1 heterocycles. The summed E-state index contributed by atoms with van der Waals surface area (Å²) in [6, 6.07) is 5.43. The van der Waals surface area contributed by atoms with E-state index in [4.69, 9.17) is 20.9 Å². The lowest BCUT2D eigenvalue weighted by Gasteiger charge is -2.05. The van der Waals surface area contributed by atoms with E-state index in [2.05, 4.69) is 26.1 Å². The Kier molecular flexibility index (Phi) is 3.26. The Morgan fingerprint density at radius 1 is 1.44 bits per heavy atom. The van der Waals surface area contributed by atoms with Crippen LogP contribution in [0.15, 0.2) is 27.2 Å². The second kappa shape index (κ2) is 4.90. The van der Waals surface area contributed by atoms with E-state index in [0.717, 1.165) is 23.1 Å². The van der Waals surface area contributed by atoms with Gasteiger partial charge in [-0.25, -0.2) is 0 Å². The highest BCUT2D eigenvalue weighted by Crippen LogP contribution is 2.38. The highest BCUT2D eigenvalue weighted by Gasteiger charge is 2.28. The molecule has 0 aliphatic heterocycles. The quantitative estimate of drug-likeness (QED) is 0.852. The zero-order valence-corrected chi connectivity index (χ0v) is 11.7. The fraction of sp³-hybridized carbons (Fsp3) is 0.333. The molecule has 1 aliphatic carbocycles. The van der Waals surface area contributed by atoms with Crippen LogP contribution in [0, 0.1) is 0 Å². The number of nitrogens with zero attached hydrogens (tertiary/aromatic N) is 2. The van der Waals surface area contributed by atoms with Gasteiger partial charge in [-0.1, -0.05) is 32.7 Å². The van der Waals surface area contributed by atoms with Crippen molar-refractivity contribution in [2.75, 3.05) is 0 Å². The van der Waals surface area contributed by atoms with E-state index >= 15 is 0 Å². The first-order chi connectivity index (χ1) is 8.72. The summed E-state index contributed by atoms with van der Waals surface area (Å²) in [6.07, 6.45) is 2.30. The summed E-state index contributed by atoms with van der Waals surface area (Å²) in [5.74, 6) is 2.34. The molecule has 1 aromatic carbocycles. The van der Waals surface area contributed by atoms with Crippen LogP contribution in [-0.4, -0.2) is 10.1 Å². The van der Waals surface area contributed by atoms with Crippen LogP contribution >= 0.6 is 27.5 Å². The summed E-state index contributed by atoms with van der Waals surface area (Å²) in [7, 11) is 0.